The quantitative estimate of drug-likeness (QED) is 0.785. The maximum Gasteiger partial charge on any atom is 0.0278 e. The molecule has 0 aromatic carbocycles. The van der Waals surface area contributed by atoms with Gasteiger partial charge in [0.1, 0.15) is 0 Å². The molecule has 0 spiro atoms. The van der Waals surface area contributed by atoms with Gasteiger partial charge in [0.05, 0.1) is 0 Å². The Labute approximate surface area is 133 Å². The van der Waals surface area contributed by atoms with E-state index < -0.39 is 0 Å². The first-order chi connectivity index (χ1) is 10.0. The summed E-state index contributed by atoms with van der Waals surface area (Å²) >= 11 is 0. The predicted molar refractivity (Wildman–Crippen MR) is 92.6 cm³/mol. The maximum atomic E-state index is 3.83. The molecule has 0 radical (unpaired) electrons. The highest BCUT2D eigenvalue weighted by atomic mass is 15.2. The van der Waals surface area contributed by atoms with Gasteiger partial charge in [-0.1, -0.05) is 47.5 Å². The Morgan fingerprint density at radius 2 is 1.76 bits per heavy atom. The fourth-order valence-electron chi connectivity index (χ4n) is 5.04. The lowest BCUT2D eigenvalue weighted by atomic mass is 9.75. The molecule has 2 aliphatic carbocycles. The van der Waals surface area contributed by atoms with Gasteiger partial charge < -0.3 is 5.32 Å². The fourth-order valence-corrected chi connectivity index (χ4v) is 5.04. The fraction of sp³-hybridized carbons (Fsp3) is 1.00. The van der Waals surface area contributed by atoms with Gasteiger partial charge in [-0.3, -0.25) is 4.90 Å². The number of nitrogens with zero attached hydrogens (tertiary/aromatic N) is 1. The lowest BCUT2D eigenvalue weighted by molar-refractivity contribution is 0.0235. The molecule has 0 amide bonds. The van der Waals surface area contributed by atoms with Crippen LogP contribution in [-0.4, -0.2) is 36.1 Å². The monoisotopic (exact) mass is 294 g/mol. The molecule has 4 unspecified atom stereocenters. The molecule has 0 heterocycles. The largest absolute Gasteiger partial charge is 0.313 e. The molecular weight excluding hydrogens is 256 g/mol. The molecule has 0 aromatic heterocycles. The van der Waals surface area contributed by atoms with E-state index in [1.807, 2.05) is 0 Å². The van der Waals surface area contributed by atoms with E-state index in [0.29, 0.717) is 6.04 Å². The van der Waals surface area contributed by atoms with Gasteiger partial charge in [0, 0.05) is 24.7 Å². The van der Waals surface area contributed by atoms with Crippen molar-refractivity contribution < 1.29 is 0 Å². The Bertz CT molecular complexity index is 296. The van der Waals surface area contributed by atoms with Crippen LogP contribution in [0, 0.1) is 17.8 Å². The van der Waals surface area contributed by atoms with Gasteiger partial charge in [0.15, 0.2) is 0 Å². The third kappa shape index (κ3) is 4.45. The van der Waals surface area contributed by atoms with Crippen molar-refractivity contribution in [1.82, 2.24) is 10.2 Å². The van der Waals surface area contributed by atoms with Crippen molar-refractivity contribution in [3.63, 3.8) is 0 Å². The van der Waals surface area contributed by atoms with Gasteiger partial charge in [-0.25, -0.2) is 0 Å². The molecule has 4 atom stereocenters. The van der Waals surface area contributed by atoms with E-state index >= 15 is 0 Å². The van der Waals surface area contributed by atoms with Crippen molar-refractivity contribution in [3.05, 3.63) is 0 Å². The molecule has 0 saturated heterocycles. The van der Waals surface area contributed by atoms with Crippen molar-refractivity contribution in [1.29, 1.82) is 0 Å². The highest BCUT2D eigenvalue weighted by molar-refractivity contribution is 4.97. The zero-order valence-corrected chi connectivity index (χ0v) is 15.1. The highest BCUT2D eigenvalue weighted by Crippen LogP contribution is 2.36. The van der Waals surface area contributed by atoms with Gasteiger partial charge in [-0.05, 0) is 50.0 Å². The molecule has 2 saturated carbocycles. The predicted octanol–water partition coefficient (Wildman–Crippen LogP) is 4.30. The Kier molecular flexibility index (Phi) is 6.55. The highest BCUT2D eigenvalue weighted by Gasteiger charge is 2.40. The maximum absolute atomic E-state index is 3.83. The molecule has 1 N–H and O–H groups in total. The first kappa shape index (κ1) is 17.3. The van der Waals surface area contributed by atoms with Gasteiger partial charge in [-0.15, -0.1) is 0 Å². The van der Waals surface area contributed by atoms with Crippen LogP contribution in [0.3, 0.4) is 0 Å². The van der Waals surface area contributed by atoms with Gasteiger partial charge >= 0.3 is 0 Å². The van der Waals surface area contributed by atoms with Crippen LogP contribution in [0.2, 0.25) is 0 Å². The minimum absolute atomic E-state index is 0.702. The van der Waals surface area contributed by atoms with Crippen LogP contribution in [-0.2, 0) is 0 Å². The summed E-state index contributed by atoms with van der Waals surface area (Å²) in [6.45, 7) is 14.4. The van der Waals surface area contributed by atoms with E-state index in [4.69, 9.17) is 0 Å². The summed E-state index contributed by atoms with van der Waals surface area (Å²) in [5.74, 6) is 2.49. The molecule has 2 nitrogen and oxygen atoms in total. The van der Waals surface area contributed by atoms with Gasteiger partial charge in [-0.2, -0.15) is 0 Å². The number of hydrogen-bond donors (Lipinski definition) is 1. The number of hydrogen-bond acceptors (Lipinski definition) is 2. The molecule has 0 aliphatic heterocycles. The molecule has 0 bridgehead atoms. The van der Waals surface area contributed by atoms with E-state index in [1.165, 1.54) is 45.1 Å². The smallest absolute Gasteiger partial charge is 0.0278 e. The number of rotatable bonds is 6. The average Bonchev–Trinajstić information content (AvgIpc) is 2.90. The molecule has 2 aliphatic rings. The Morgan fingerprint density at radius 1 is 1.10 bits per heavy atom. The van der Waals surface area contributed by atoms with E-state index in [1.54, 1.807) is 0 Å². The number of likely N-dealkylation sites (N-methyl/N-ethyl adjacent to an activating group) is 1. The third-order valence-electron chi connectivity index (χ3n) is 5.64. The first-order valence-electron chi connectivity index (χ1n) is 9.52. The molecule has 21 heavy (non-hydrogen) atoms. The summed E-state index contributed by atoms with van der Waals surface area (Å²) in [6.07, 6.45) is 8.54. The van der Waals surface area contributed by atoms with Gasteiger partial charge in [0.25, 0.3) is 0 Å². The zero-order valence-electron chi connectivity index (χ0n) is 15.1. The summed E-state index contributed by atoms with van der Waals surface area (Å²) in [5, 5.41) is 3.83. The summed E-state index contributed by atoms with van der Waals surface area (Å²) in [4.78, 5) is 2.93. The Balaban J connectivity index is 2.16. The molecule has 124 valence electrons. The van der Waals surface area contributed by atoms with E-state index in [0.717, 1.165) is 36.4 Å². The average molecular weight is 295 g/mol. The van der Waals surface area contributed by atoms with Crippen LogP contribution in [0.1, 0.15) is 73.1 Å². The van der Waals surface area contributed by atoms with Crippen LogP contribution in [0.25, 0.3) is 0 Å². The van der Waals surface area contributed by atoms with Crippen molar-refractivity contribution >= 4 is 0 Å². The Hall–Kier alpha value is -0.0800. The van der Waals surface area contributed by atoms with Crippen molar-refractivity contribution in [2.75, 3.05) is 13.1 Å². The van der Waals surface area contributed by atoms with E-state index in [9.17, 15) is 0 Å². The second-order valence-corrected chi connectivity index (χ2v) is 8.24. The minimum Gasteiger partial charge on any atom is -0.313 e. The topological polar surface area (TPSA) is 15.3 Å². The first-order valence-corrected chi connectivity index (χ1v) is 9.52. The van der Waals surface area contributed by atoms with E-state index in [-0.39, 0.29) is 0 Å². The number of nitrogens with one attached hydrogen (secondary N) is 1. The minimum atomic E-state index is 0.702. The second-order valence-electron chi connectivity index (χ2n) is 8.24. The van der Waals surface area contributed by atoms with Crippen LogP contribution in [0.15, 0.2) is 0 Å². The summed E-state index contributed by atoms with van der Waals surface area (Å²) in [5.41, 5.74) is 0. The SMILES string of the molecule is CCNC1CC(C)CC(C)C1N(CC(C)C)C1CCCC1. The molecule has 2 rings (SSSR count). The van der Waals surface area contributed by atoms with Gasteiger partial charge in [0.2, 0.25) is 0 Å². The Morgan fingerprint density at radius 3 is 2.33 bits per heavy atom. The summed E-state index contributed by atoms with van der Waals surface area (Å²) < 4.78 is 0. The molecule has 0 aromatic rings. The molecular formula is C19H38N2. The van der Waals surface area contributed by atoms with Crippen molar-refractivity contribution in [3.8, 4) is 0 Å². The third-order valence-corrected chi connectivity index (χ3v) is 5.64. The lowest BCUT2D eigenvalue weighted by Gasteiger charge is -2.49. The van der Waals surface area contributed by atoms with Crippen LogP contribution in [0.5, 0.6) is 0 Å². The second kappa shape index (κ2) is 7.97. The van der Waals surface area contributed by atoms with E-state index in [2.05, 4.69) is 44.8 Å². The lowest BCUT2D eigenvalue weighted by Crippen LogP contribution is -2.59. The molecule has 2 heteroatoms. The summed E-state index contributed by atoms with van der Waals surface area (Å²) in [7, 11) is 0. The molecule has 2 fully saturated rings. The van der Waals surface area contributed by atoms with Crippen LogP contribution in [0.4, 0.5) is 0 Å². The van der Waals surface area contributed by atoms with Crippen molar-refractivity contribution in [2.24, 2.45) is 17.8 Å². The summed E-state index contributed by atoms with van der Waals surface area (Å²) in [6, 6.07) is 2.31. The van der Waals surface area contributed by atoms with Crippen molar-refractivity contribution in [2.45, 2.75) is 91.3 Å². The van der Waals surface area contributed by atoms with Crippen LogP contribution >= 0.6 is 0 Å². The normalized spacial score (nSPS) is 35.0. The standard InChI is InChI=1S/C19H38N2/c1-6-20-18-12-15(4)11-16(5)19(18)21(13-14(2)3)17-9-7-8-10-17/h14-20H,6-13H2,1-5H3. The zero-order chi connectivity index (χ0) is 15.4. The van der Waals surface area contributed by atoms with Crippen LogP contribution < -0.4 is 5.32 Å².